The number of methoxy groups -OCH3 is 1. The number of esters is 1. The summed E-state index contributed by atoms with van der Waals surface area (Å²) in [4.78, 5) is 11.4. The van der Waals surface area contributed by atoms with E-state index >= 15 is 0 Å². The van der Waals surface area contributed by atoms with Crippen LogP contribution in [0.25, 0.3) is 0 Å². The van der Waals surface area contributed by atoms with Crippen LogP contribution in [0.5, 0.6) is 0 Å². The molecule has 0 radical (unpaired) electrons. The Morgan fingerprint density at radius 1 is 1.36 bits per heavy atom. The summed E-state index contributed by atoms with van der Waals surface area (Å²) in [5.41, 5.74) is 0. The molecule has 3 nitrogen and oxygen atoms in total. The molecule has 0 bridgehead atoms. The Morgan fingerprint density at radius 2 is 2.14 bits per heavy atom. The molecule has 14 heavy (non-hydrogen) atoms. The monoisotopic (exact) mass is 197 g/mol. The largest absolute Gasteiger partial charge is 0.469 e. The fraction of sp³-hybridized carbons (Fsp3) is 0.909. The summed E-state index contributed by atoms with van der Waals surface area (Å²) < 4.78 is 4.80. The molecule has 1 aliphatic heterocycles. The summed E-state index contributed by atoms with van der Waals surface area (Å²) in [6, 6.07) is 0.571. The van der Waals surface area contributed by atoms with Crippen LogP contribution in [0.4, 0.5) is 0 Å². The van der Waals surface area contributed by atoms with E-state index < -0.39 is 0 Å². The molecule has 1 aliphatic carbocycles. The molecule has 2 aliphatic rings. The van der Waals surface area contributed by atoms with Crippen molar-refractivity contribution in [1.82, 2.24) is 5.32 Å². The third kappa shape index (κ3) is 1.92. The number of nitrogens with one attached hydrogen (secondary N) is 1. The molecule has 0 spiro atoms. The van der Waals surface area contributed by atoms with Crippen LogP contribution in [0.15, 0.2) is 0 Å². The lowest BCUT2D eigenvalue weighted by Crippen LogP contribution is -2.46. The SMILES string of the molecule is COC(=O)C1CCNC(C2CCC2)C1. The lowest BCUT2D eigenvalue weighted by atomic mass is 9.75. The summed E-state index contributed by atoms with van der Waals surface area (Å²) in [7, 11) is 1.49. The molecule has 0 aromatic heterocycles. The van der Waals surface area contributed by atoms with Gasteiger partial charge in [-0.3, -0.25) is 4.79 Å². The number of hydrogen-bond donors (Lipinski definition) is 1. The third-order valence-electron chi connectivity index (χ3n) is 3.69. The van der Waals surface area contributed by atoms with Crippen LogP contribution in [0.3, 0.4) is 0 Å². The quantitative estimate of drug-likeness (QED) is 0.679. The third-order valence-corrected chi connectivity index (χ3v) is 3.69. The van der Waals surface area contributed by atoms with Gasteiger partial charge in [0.2, 0.25) is 0 Å². The summed E-state index contributed by atoms with van der Waals surface area (Å²) in [6.45, 7) is 0.973. The van der Waals surface area contributed by atoms with Crippen molar-refractivity contribution in [3.8, 4) is 0 Å². The van der Waals surface area contributed by atoms with Crippen molar-refractivity contribution in [1.29, 1.82) is 0 Å². The highest BCUT2D eigenvalue weighted by Crippen LogP contribution is 2.34. The van der Waals surface area contributed by atoms with E-state index in [9.17, 15) is 4.79 Å². The Bertz CT molecular complexity index is 213. The molecule has 1 saturated carbocycles. The molecular weight excluding hydrogens is 178 g/mol. The van der Waals surface area contributed by atoms with Crippen molar-refractivity contribution in [2.75, 3.05) is 13.7 Å². The number of piperidine rings is 1. The van der Waals surface area contributed by atoms with E-state index in [2.05, 4.69) is 5.32 Å². The maximum absolute atomic E-state index is 11.4. The first-order valence-corrected chi connectivity index (χ1v) is 5.62. The summed E-state index contributed by atoms with van der Waals surface area (Å²) in [6.07, 6.45) is 5.97. The summed E-state index contributed by atoms with van der Waals surface area (Å²) in [5.74, 6) is 0.949. The molecule has 1 saturated heterocycles. The second-order valence-corrected chi connectivity index (χ2v) is 4.50. The van der Waals surface area contributed by atoms with Crippen LogP contribution in [0.2, 0.25) is 0 Å². The van der Waals surface area contributed by atoms with E-state index in [0.717, 1.165) is 25.3 Å². The number of rotatable bonds is 2. The molecule has 2 rings (SSSR count). The van der Waals surface area contributed by atoms with E-state index in [4.69, 9.17) is 4.74 Å². The first kappa shape index (κ1) is 9.97. The Labute approximate surface area is 85.2 Å². The molecule has 0 aromatic rings. The zero-order valence-corrected chi connectivity index (χ0v) is 8.79. The van der Waals surface area contributed by atoms with Crippen LogP contribution in [0.1, 0.15) is 32.1 Å². The van der Waals surface area contributed by atoms with Gasteiger partial charge in [-0.2, -0.15) is 0 Å². The number of carbonyl (C=O) groups is 1. The Morgan fingerprint density at radius 3 is 2.71 bits per heavy atom. The fourth-order valence-electron chi connectivity index (χ4n) is 2.53. The highest BCUT2D eigenvalue weighted by Gasteiger charge is 2.34. The first-order valence-electron chi connectivity index (χ1n) is 5.62. The van der Waals surface area contributed by atoms with Crippen LogP contribution < -0.4 is 5.32 Å². The first-order chi connectivity index (χ1) is 6.81. The van der Waals surface area contributed by atoms with Crippen molar-refractivity contribution in [2.24, 2.45) is 11.8 Å². The van der Waals surface area contributed by atoms with E-state index in [1.54, 1.807) is 0 Å². The van der Waals surface area contributed by atoms with E-state index in [1.807, 2.05) is 0 Å². The molecule has 2 fully saturated rings. The zero-order valence-electron chi connectivity index (χ0n) is 8.79. The number of hydrogen-bond acceptors (Lipinski definition) is 3. The fourth-order valence-corrected chi connectivity index (χ4v) is 2.53. The van der Waals surface area contributed by atoms with Crippen molar-refractivity contribution in [3.05, 3.63) is 0 Å². The minimum Gasteiger partial charge on any atom is -0.469 e. The molecule has 0 aromatic carbocycles. The zero-order chi connectivity index (χ0) is 9.97. The van der Waals surface area contributed by atoms with Gasteiger partial charge in [-0.25, -0.2) is 0 Å². The smallest absolute Gasteiger partial charge is 0.308 e. The summed E-state index contributed by atoms with van der Waals surface area (Å²) in [5, 5.41) is 3.52. The van der Waals surface area contributed by atoms with Crippen LogP contribution in [-0.2, 0) is 9.53 Å². The Hall–Kier alpha value is -0.570. The highest BCUT2D eigenvalue weighted by molar-refractivity contribution is 5.72. The Kier molecular flexibility index (Phi) is 3.06. The lowest BCUT2D eigenvalue weighted by Gasteiger charge is -2.39. The highest BCUT2D eigenvalue weighted by atomic mass is 16.5. The standard InChI is InChI=1S/C11H19NO2/c1-14-11(13)9-5-6-12-10(7-9)8-3-2-4-8/h8-10,12H,2-7H2,1H3. The minimum absolute atomic E-state index is 0.0178. The lowest BCUT2D eigenvalue weighted by molar-refractivity contribution is -0.147. The average Bonchev–Trinajstić information content (AvgIpc) is 2.14. The molecule has 3 heteroatoms. The number of carbonyl (C=O) groups excluding carboxylic acids is 1. The predicted molar refractivity (Wildman–Crippen MR) is 53.9 cm³/mol. The average molecular weight is 197 g/mol. The van der Waals surface area contributed by atoms with Gasteiger partial charge < -0.3 is 10.1 Å². The normalized spacial score (nSPS) is 33.5. The van der Waals surface area contributed by atoms with Gasteiger partial charge in [0, 0.05) is 6.04 Å². The van der Waals surface area contributed by atoms with Crippen molar-refractivity contribution < 1.29 is 9.53 Å². The molecular formula is C11H19NO2. The topological polar surface area (TPSA) is 38.3 Å². The summed E-state index contributed by atoms with van der Waals surface area (Å²) >= 11 is 0. The second kappa shape index (κ2) is 4.30. The number of ether oxygens (including phenoxy) is 1. The molecule has 2 unspecified atom stereocenters. The molecule has 2 atom stereocenters. The molecule has 80 valence electrons. The van der Waals surface area contributed by atoms with Crippen LogP contribution >= 0.6 is 0 Å². The van der Waals surface area contributed by atoms with E-state index in [-0.39, 0.29) is 11.9 Å². The van der Waals surface area contributed by atoms with Crippen LogP contribution in [-0.4, -0.2) is 25.7 Å². The van der Waals surface area contributed by atoms with Gasteiger partial charge in [0.25, 0.3) is 0 Å². The Balaban J connectivity index is 1.86. The molecule has 0 amide bonds. The van der Waals surface area contributed by atoms with Crippen molar-refractivity contribution in [3.63, 3.8) is 0 Å². The second-order valence-electron chi connectivity index (χ2n) is 4.50. The van der Waals surface area contributed by atoms with Gasteiger partial charge in [0.1, 0.15) is 0 Å². The van der Waals surface area contributed by atoms with Crippen molar-refractivity contribution in [2.45, 2.75) is 38.1 Å². The maximum Gasteiger partial charge on any atom is 0.308 e. The molecule has 1 heterocycles. The van der Waals surface area contributed by atoms with E-state index in [0.29, 0.717) is 6.04 Å². The predicted octanol–water partition coefficient (Wildman–Crippen LogP) is 1.33. The van der Waals surface area contributed by atoms with Gasteiger partial charge in [0.15, 0.2) is 0 Å². The van der Waals surface area contributed by atoms with Crippen LogP contribution in [0, 0.1) is 11.8 Å². The maximum atomic E-state index is 11.4. The van der Waals surface area contributed by atoms with Gasteiger partial charge in [-0.15, -0.1) is 0 Å². The minimum atomic E-state index is -0.0178. The molecule has 1 N–H and O–H groups in total. The van der Waals surface area contributed by atoms with Gasteiger partial charge >= 0.3 is 5.97 Å². The van der Waals surface area contributed by atoms with Crippen molar-refractivity contribution >= 4 is 5.97 Å². The van der Waals surface area contributed by atoms with Gasteiger partial charge in [-0.1, -0.05) is 6.42 Å². The van der Waals surface area contributed by atoms with Gasteiger partial charge in [-0.05, 0) is 38.1 Å². The van der Waals surface area contributed by atoms with Gasteiger partial charge in [0.05, 0.1) is 13.0 Å². The van der Waals surface area contributed by atoms with E-state index in [1.165, 1.54) is 26.4 Å².